The fourth-order valence-electron chi connectivity index (χ4n) is 1.59. The predicted molar refractivity (Wildman–Crippen MR) is 61.9 cm³/mol. The summed E-state index contributed by atoms with van der Waals surface area (Å²) in [6.07, 6.45) is 0.305. The molecular formula is C11H12ClN3O. The van der Waals surface area contributed by atoms with Gasteiger partial charge in [0.2, 0.25) is 0 Å². The normalized spacial score (nSPS) is 11.0. The monoisotopic (exact) mass is 237 g/mol. The van der Waals surface area contributed by atoms with Gasteiger partial charge < -0.3 is 0 Å². The number of carbonyl (C=O) groups is 1. The lowest BCUT2D eigenvalue weighted by Crippen LogP contribution is -2.02. The highest BCUT2D eigenvalue weighted by atomic mass is 35.5. The van der Waals surface area contributed by atoms with Crippen molar-refractivity contribution < 1.29 is 4.79 Å². The minimum absolute atomic E-state index is 0.0711. The molecule has 84 valence electrons. The number of carbonyl (C=O) groups excluding carboxylic acids is 1. The Hall–Kier alpha value is -1.42. The molecule has 0 aliphatic heterocycles. The summed E-state index contributed by atoms with van der Waals surface area (Å²) in [5.41, 5.74) is 3.30. The molecule has 5 heteroatoms. The molecule has 0 saturated carbocycles. The Kier molecular flexibility index (Phi) is 2.68. The first-order valence-electron chi connectivity index (χ1n) is 5.00. The quantitative estimate of drug-likeness (QED) is 0.752. The molecule has 4 nitrogen and oxygen atoms in total. The fraction of sp³-hybridized carbons (Fsp3) is 0.364. The SMILES string of the molecule is CC(=O)Cc1cc(Cl)n2nc(C)c(C)c2n1. The highest BCUT2D eigenvalue weighted by Crippen LogP contribution is 2.18. The second kappa shape index (κ2) is 3.87. The van der Waals surface area contributed by atoms with Gasteiger partial charge in [-0.2, -0.15) is 5.10 Å². The molecule has 2 heterocycles. The van der Waals surface area contributed by atoms with Crippen LogP contribution in [-0.2, 0) is 11.2 Å². The van der Waals surface area contributed by atoms with E-state index in [4.69, 9.17) is 11.6 Å². The molecule has 0 amide bonds. The third-order valence-corrected chi connectivity index (χ3v) is 2.77. The van der Waals surface area contributed by atoms with Gasteiger partial charge in [0, 0.05) is 12.0 Å². The van der Waals surface area contributed by atoms with E-state index in [1.807, 2.05) is 13.8 Å². The van der Waals surface area contributed by atoms with Crippen molar-refractivity contribution in [3.8, 4) is 0 Å². The van der Waals surface area contributed by atoms with Crippen LogP contribution in [0.5, 0.6) is 0 Å². The molecule has 0 aliphatic carbocycles. The number of Topliss-reactive ketones (excluding diaryl/α,β-unsaturated/α-hetero) is 1. The van der Waals surface area contributed by atoms with Crippen molar-refractivity contribution in [3.05, 3.63) is 28.2 Å². The molecule has 0 bridgehead atoms. The number of fused-ring (bicyclic) bond motifs is 1. The van der Waals surface area contributed by atoms with Crippen molar-refractivity contribution in [2.45, 2.75) is 27.2 Å². The van der Waals surface area contributed by atoms with Crippen LogP contribution in [0.15, 0.2) is 6.07 Å². The van der Waals surface area contributed by atoms with Gasteiger partial charge in [-0.25, -0.2) is 9.50 Å². The van der Waals surface area contributed by atoms with Crippen LogP contribution < -0.4 is 0 Å². The van der Waals surface area contributed by atoms with Crippen LogP contribution >= 0.6 is 11.6 Å². The summed E-state index contributed by atoms with van der Waals surface area (Å²) in [5.74, 6) is 0.0711. The average molecular weight is 238 g/mol. The van der Waals surface area contributed by atoms with Gasteiger partial charge in [-0.15, -0.1) is 0 Å². The van der Waals surface area contributed by atoms with Gasteiger partial charge in [0.1, 0.15) is 10.9 Å². The zero-order chi connectivity index (χ0) is 11.9. The summed E-state index contributed by atoms with van der Waals surface area (Å²) in [5, 5.41) is 4.75. The molecule has 0 spiro atoms. The Labute approximate surface area is 98.2 Å². The van der Waals surface area contributed by atoms with Crippen LogP contribution in [0.3, 0.4) is 0 Å². The lowest BCUT2D eigenvalue weighted by atomic mass is 10.2. The van der Waals surface area contributed by atoms with Crippen molar-refractivity contribution in [1.29, 1.82) is 0 Å². The number of halogens is 1. The minimum Gasteiger partial charge on any atom is -0.300 e. The summed E-state index contributed by atoms with van der Waals surface area (Å²) >= 11 is 6.08. The fourth-order valence-corrected chi connectivity index (χ4v) is 1.83. The van der Waals surface area contributed by atoms with E-state index in [1.165, 1.54) is 6.92 Å². The van der Waals surface area contributed by atoms with Crippen molar-refractivity contribution in [2.24, 2.45) is 0 Å². The first-order chi connectivity index (χ1) is 7.49. The maximum Gasteiger partial charge on any atom is 0.160 e. The van der Waals surface area contributed by atoms with E-state index in [2.05, 4.69) is 10.1 Å². The molecule has 0 saturated heterocycles. The summed E-state index contributed by atoms with van der Waals surface area (Å²) in [6, 6.07) is 1.68. The number of ketones is 1. The van der Waals surface area contributed by atoms with Crippen molar-refractivity contribution in [3.63, 3.8) is 0 Å². The molecule has 0 radical (unpaired) electrons. The molecule has 0 aromatic carbocycles. The van der Waals surface area contributed by atoms with E-state index in [1.54, 1.807) is 10.6 Å². The van der Waals surface area contributed by atoms with Gasteiger partial charge in [-0.05, 0) is 26.8 Å². The van der Waals surface area contributed by atoms with Gasteiger partial charge in [0.25, 0.3) is 0 Å². The molecule has 0 atom stereocenters. The number of hydrogen-bond donors (Lipinski definition) is 0. The maximum absolute atomic E-state index is 11.0. The second-order valence-electron chi connectivity index (χ2n) is 3.89. The number of hydrogen-bond acceptors (Lipinski definition) is 3. The van der Waals surface area contributed by atoms with E-state index in [-0.39, 0.29) is 5.78 Å². The van der Waals surface area contributed by atoms with Crippen LogP contribution in [0.25, 0.3) is 5.65 Å². The van der Waals surface area contributed by atoms with Crippen LogP contribution in [-0.4, -0.2) is 20.4 Å². The molecular weight excluding hydrogens is 226 g/mol. The van der Waals surface area contributed by atoms with Crippen molar-refractivity contribution >= 4 is 23.0 Å². The van der Waals surface area contributed by atoms with Gasteiger partial charge in [0.15, 0.2) is 5.65 Å². The molecule has 0 aliphatic rings. The van der Waals surface area contributed by atoms with Gasteiger partial charge >= 0.3 is 0 Å². The molecule has 2 aromatic rings. The Morgan fingerprint density at radius 1 is 1.50 bits per heavy atom. The van der Waals surface area contributed by atoms with Crippen LogP contribution in [0.4, 0.5) is 0 Å². The predicted octanol–water partition coefficient (Wildman–Crippen LogP) is 2.13. The zero-order valence-electron chi connectivity index (χ0n) is 9.41. The van der Waals surface area contributed by atoms with Crippen molar-refractivity contribution in [1.82, 2.24) is 14.6 Å². The van der Waals surface area contributed by atoms with E-state index < -0.39 is 0 Å². The lowest BCUT2D eigenvalue weighted by Gasteiger charge is -2.01. The topological polar surface area (TPSA) is 47.3 Å². The molecule has 0 fully saturated rings. The van der Waals surface area contributed by atoms with E-state index in [0.29, 0.717) is 17.3 Å². The molecule has 2 rings (SSSR count). The summed E-state index contributed by atoms with van der Waals surface area (Å²) in [4.78, 5) is 15.4. The van der Waals surface area contributed by atoms with Gasteiger partial charge in [0.05, 0.1) is 11.4 Å². The number of nitrogens with zero attached hydrogens (tertiary/aromatic N) is 3. The van der Waals surface area contributed by atoms with Gasteiger partial charge in [-0.3, -0.25) is 4.79 Å². The van der Waals surface area contributed by atoms with E-state index in [0.717, 1.165) is 16.9 Å². The highest BCUT2D eigenvalue weighted by Gasteiger charge is 2.11. The zero-order valence-corrected chi connectivity index (χ0v) is 10.2. The van der Waals surface area contributed by atoms with Crippen LogP contribution in [0.1, 0.15) is 23.9 Å². The Bertz CT molecular complexity index is 574. The largest absolute Gasteiger partial charge is 0.300 e. The number of aromatic nitrogens is 3. The minimum atomic E-state index is 0.0711. The first-order valence-corrected chi connectivity index (χ1v) is 5.37. The second-order valence-corrected chi connectivity index (χ2v) is 4.28. The summed E-state index contributed by atoms with van der Waals surface area (Å²) in [7, 11) is 0. The van der Waals surface area contributed by atoms with Gasteiger partial charge in [-0.1, -0.05) is 11.6 Å². The first kappa shape index (κ1) is 11.1. The maximum atomic E-state index is 11.0. The molecule has 16 heavy (non-hydrogen) atoms. The smallest absolute Gasteiger partial charge is 0.160 e. The van der Waals surface area contributed by atoms with Crippen molar-refractivity contribution in [2.75, 3.05) is 0 Å². The standard InChI is InChI=1S/C11H12ClN3O/c1-6(16)4-9-5-10(12)15-11(13-9)7(2)8(3)14-15/h5H,4H2,1-3H3. The third-order valence-electron chi connectivity index (χ3n) is 2.50. The van der Waals surface area contributed by atoms with E-state index >= 15 is 0 Å². The summed E-state index contributed by atoms with van der Waals surface area (Å²) in [6.45, 7) is 5.39. The van der Waals surface area contributed by atoms with E-state index in [9.17, 15) is 4.79 Å². The third kappa shape index (κ3) is 1.80. The number of rotatable bonds is 2. The van der Waals surface area contributed by atoms with Crippen LogP contribution in [0, 0.1) is 13.8 Å². The molecule has 0 unspecified atom stereocenters. The Morgan fingerprint density at radius 3 is 2.81 bits per heavy atom. The Morgan fingerprint density at radius 2 is 2.19 bits per heavy atom. The lowest BCUT2D eigenvalue weighted by molar-refractivity contribution is -0.116. The van der Waals surface area contributed by atoms with Crippen LogP contribution in [0.2, 0.25) is 5.15 Å². The molecule has 0 N–H and O–H groups in total. The number of aryl methyl sites for hydroxylation is 2. The summed E-state index contributed by atoms with van der Waals surface area (Å²) < 4.78 is 1.59. The highest BCUT2D eigenvalue weighted by molar-refractivity contribution is 6.29. The molecule has 2 aromatic heterocycles. The Balaban J connectivity index is 2.65. The average Bonchev–Trinajstić information content (AvgIpc) is 2.45.